The maximum atomic E-state index is 4.74. The van der Waals surface area contributed by atoms with Gasteiger partial charge in [0, 0.05) is 29.5 Å². The van der Waals surface area contributed by atoms with Gasteiger partial charge in [-0.2, -0.15) is 5.10 Å². The van der Waals surface area contributed by atoms with Gasteiger partial charge in [-0.05, 0) is 45.0 Å². The van der Waals surface area contributed by atoms with Gasteiger partial charge in [0.2, 0.25) is 0 Å². The molecule has 0 aliphatic heterocycles. The lowest BCUT2D eigenvalue weighted by Gasteiger charge is -2.18. The molecule has 130 valence electrons. The van der Waals surface area contributed by atoms with Crippen LogP contribution in [0, 0.1) is 0 Å². The predicted octanol–water partition coefficient (Wildman–Crippen LogP) is 4.39. The molecule has 0 spiro atoms. The van der Waals surface area contributed by atoms with Crippen LogP contribution in [0.25, 0.3) is 22.3 Å². The maximum absolute atomic E-state index is 4.74. The van der Waals surface area contributed by atoms with Crippen molar-refractivity contribution in [2.45, 2.75) is 26.3 Å². The van der Waals surface area contributed by atoms with E-state index < -0.39 is 0 Å². The highest BCUT2D eigenvalue weighted by Crippen LogP contribution is 2.27. The quantitative estimate of drug-likeness (QED) is 0.597. The van der Waals surface area contributed by atoms with E-state index in [1.807, 2.05) is 53.5 Å². The number of benzene rings is 1. The van der Waals surface area contributed by atoms with Crippen molar-refractivity contribution in [3.05, 3.63) is 61.2 Å². The van der Waals surface area contributed by atoms with Crippen molar-refractivity contribution < 1.29 is 0 Å². The van der Waals surface area contributed by atoms with Crippen molar-refractivity contribution in [2.24, 2.45) is 0 Å². The first-order valence-electron chi connectivity index (χ1n) is 8.50. The lowest BCUT2D eigenvalue weighted by Crippen LogP contribution is -2.21. The Kier molecular flexibility index (Phi) is 3.88. The topological polar surface area (TPSA) is 68.5 Å². The molecule has 0 aliphatic rings. The van der Waals surface area contributed by atoms with E-state index >= 15 is 0 Å². The summed E-state index contributed by atoms with van der Waals surface area (Å²) in [7, 11) is 0. The van der Waals surface area contributed by atoms with E-state index in [9.17, 15) is 0 Å². The van der Waals surface area contributed by atoms with Gasteiger partial charge < -0.3 is 5.32 Å². The van der Waals surface area contributed by atoms with Gasteiger partial charge in [0.1, 0.15) is 5.82 Å². The summed E-state index contributed by atoms with van der Waals surface area (Å²) in [6.07, 6.45) is 7.31. The Hall–Kier alpha value is -3.28. The van der Waals surface area contributed by atoms with Crippen LogP contribution in [0.5, 0.6) is 0 Å². The summed E-state index contributed by atoms with van der Waals surface area (Å²) in [4.78, 5) is 13.6. The van der Waals surface area contributed by atoms with Crippen LogP contribution < -0.4 is 5.32 Å². The molecule has 4 rings (SSSR count). The summed E-state index contributed by atoms with van der Waals surface area (Å²) >= 11 is 0. The normalized spacial score (nSPS) is 11.7. The second-order valence-electron chi connectivity index (χ2n) is 7.12. The highest BCUT2D eigenvalue weighted by atomic mass is 15.3. The third-order valence-electron chi connectivity index (χ3n) is 4.06. The minimum Gasteiger partial charge on any atom is -0.337 e. The number of nitrogens with one attached hydrogen (secondary N) is 1. The van der Waals surface area contributed by atoms with E-state index in [1.165, 1.54) is 0 Å². The molecule has 0 radical (unpaired) electrons. The predicted molar refractivity (Wildman–Crippen MR) is 103 cm³/mol. The molecule has 1 N–H and O–H groups in total. The molecule has 0 unspecified atom stereocenters. The van der Waals surface area contributed by atoms with Crippen molar-refractivity contribution in [1.82, 2.24) is 24.7 Å². The van der Waals surface area contributed by atoms with E-state index in [4.69, 9.17) is 4.98 Å². The fourth-order valence-corrected chi connectivity index (χ4v) is 2.69. The Bertz CT molecular complexity index is 1050. The molecule has 0 bridgehead atoms. The number of rotatable bonds is 3. The summed E-state index contributed by atoms with van der Waals surface area (Å²) in [5.41, 5.74) is 2.58. The van der Waals surface area contributed by atoms with Gasteiger partial charge in [0.05, 0.1) is 22.9 Å². The van der Waals surface area contributed by atoms with Crippen molar-refractivity contribution in [1.29, 1.82) is 0 Å². The smallest absolute Gasteiger partial charge is 0.163 e. The Labute approximate surface area is 152 Å². The third-order valence-corrected chi connectivity index (χ3v) is 4.06. The number of anilines is 2. The molecule has 1 aromatic carbocycles. The van der Waals surface area contributed by atoms with Crippen LogP contribution in [0.15, 0.2) is 61.2 Å². The largest absolute Gasteiger partial charge is 0.337 e. The number of para-hydroxylation sites is 1. The molecule has 3 aromatic heterocycles. The number of aromatic nitrogens is 5. The van der Waals surface area contributed by atoms with Crippen LogP contribution in [0.3, 0.4) is 0 Å². The molecule has 6 nitrogen and oxygen atoms in total. The molecule has 0 aliphatic carbocycles. The van der Waals surface area contributed by atoms with Gasteiger partial charge in [0.15, 0.2) is 5.82 Å². The molecular weight excluding hydrogens is 324 g/mol. The van der Waals surface area contributed by atoms with Gasteiger partial charge in [-0.25, -0.2) is 9.97 Å². The summed E-state index contributed by atoms with van der Waals surface area (Å²) < 4.78 is 1.93. The number of nitrogens with zero attached hydrogens (tertiary/aromatic N) is 5. The lowest BCUT2D eigenvalue weighted by molar-refractivity contribution is 0.355. The Morgan fingerprint density at radius 1 is 0.962 bits per heavy atom. The van der Waals surface area contributed by atoms with Crippen LogP contribution in [-0.2, 0) is 5.54 Å². The van der Waals surface area contributed by atoms with Gasteiger partial charge in [-0.15, -0.1) is 0 Å². The molecule has 3 heterocycles. The van der Waals surface area contributed by atoms with Crippen LogP contribution in [0.2, 0.25) is 0 Å². The van der Waals surface area contributed by atoms with E-state index in [-0.39, 0.29) is 5.54 Å². The van der Waals surface area contributed by atoms with E-state index in [2.05, 4.69) is 41.2 Å². The fourth-order valence-electron chi connectivity index (χ4n) is 2.69. The molecule has 4 aromatic rings. The van der Waals surface area contributed by atoms with E-state index in [0.29, 0.717) is 5.82 Å². The Morgan fingerprint density at radius 2 is 1.81 bits per heavy atom. The molecule has 0 amide bonds. The molecule has 6 heteroatoms. The summed E-state index contributed by atoms with van der Waals surface area (Å²) in [5, 5.41) is 8.80. The number of hydrogen-bond acceptors (Lipinski definition) is 5. The number of fused-ring (bicyclic) bond motifs is 1. The molecule has 0 saturated carbocycles. The van der Waals surface area contributed by atoms with E-state index in [1.54, 1.807) is 12.4 Å². The van der Waals surface area contributed by atoms with Crippen molar-refractivity contribution in [3.63, 3.8) is 0 Å². The fraction of sp³-hybridized carbons (Fsp3) is 0.200. The van der Waals surface area contributed by atoms with Gasteiger partial charge in [0.25, 0.3) is 0 Å². The standard InChI is InChI=1S/C20H20N6/c1-20(2,3)26-13-15(12-22-26)23-19-16-8-4-5-9-17(16)24-18(25-19)14-7-6-10-21-11-14/h4-13H,1-3H3,(H,23,24,25). The highest BCUT2D eigenvalue weighted by Gasteiger charge is 2.15. The summed E-state index contributed by atoms with van der Waals surface area (Å²) in [6, 6.07) is 11.8. The summed E-state index contributed by atoms with van der Waals surface area (Å²) in [6.45, 7) is 6.35. The average molecular weight is 344 g/mol. The zero-order valence-electron chi connectivity index (χ0n) is 15.0. The summed E-state index contributed by atoms with van der Waals surface area (Å²) in [5.74, 6) is 1.39. The first-order valence-corrected chi connectivity index (χ1v) is 8.50. The zero-order chi connectivity index (χ0) is 18.1. The Balaban J connectivity index is 1.79. The highest BCUT2D eigenvalue weighted by molar-refractivity contribution is 5.92. The second kappa shape index (κ2) is 6.22. The van der Waals surface area contributed by atoms with Crippen LogP contribution in [0.4, 0.5) is 11.5 Å². The molecule has 0 atom stereocenters. The van der Waals surface area contributed by atoms with Gasteiger partial charge >= 0.3 is 0 Å². The average Bonchev–Trinajstić information content (AvgIpc) is 3.11. The Morgan fingerprint density at radius 3 is 2.54 bits per heavy atom. The first-order chi connectivity index (χ1) is 12.5. The minimum atomic E-state index is -0.0749. The number of hydrogen-bond donors (Lipinski definition) is 1. The van der Waals surface area contributed by atoms with Crippen molar-refractivity contribution >= 4 is 22.4 Å². The van der Waals surface area contributed by atoms with Crippen molar-refractivity contribution in [2.75, 3.05) is 5.32 Å². The van der Waals surface area contributed by atoms with Crippen LogP contribution in [0.1, 0.15) is 20.8 Å². The number of pyridine rings is 1. The monoisotopic (exact) mass is 344 g/mol. The molecule has 26 heavy (non-hydrogen) atoms. The maximum Gasteiger partial charge on any atom is 0.163 e. The van der Waals surface area contributed by atoms with Crippen molar-refractivity contribution in [3.8, 4) is 11.4 Å². The zero-order valence-corrected chi connectivity index (χ0v) is 15.0. The van der Waals surface area contributed by atoms with Crippen LogP contribution >= 0.6 is 0 Å². The van der Waals surface area contributed by atoms with Gasteiger partial charge in [-0.3, -0.25) is 9.67 Å². The second-order valence-corrected chi connectivity index (χ2v) is 7.12. The van der Waals surface area contributed by atoms with E-state index in [0.717, 1.165) is 28.0 Å². The first kappa shape index (κ1) is 16.2. The lowest BCUT2D eigenvalue weighted by atomic mass is 10.1. The van der Waals surface area contributed by atoms with Crippen LogP contribution in [-0.4, -0.2) is 24.7 Å². The SMILES string of the molecule is CC(C)(C)n1cc(Nc2nc(-c3cccnc3)nc3ccccc23)cn1. The molecular formula is C20H20N6. The minimum absolute atomic E-state index is 0.0749. The molecule has 0 saturated heterocycles. The van der Waals surface area contributed by atoms with Gasteiger partial charge in [-0.1, -0.05) is 12.1 Å². The third kappa shape index (κ3) is 3.13. The molecule has 0 fully saturated rings.